The Balaban J connectivity index is 2.20. The molecule has 0 radical (unpaired) electrons. The molecule has 120 valence electrons. The maximum atomic E-state index is 4.68. The molecule has 2 heterocycles. The van der Waals surface area contributed by atoms with Crippen LogP contribution in [0.3, 0.4) is 0 Å². The van der Waals surface area contributed by atoms with Gasteiger partial charge in [0.2, 0.25) is 0 Å². The number of hydrogen-bond acceptors (Lipinski definition) is 4. The molecule has 0 spiro atoms. The molecule has 1 unspecified atom stereocenters. The van der Waals surface area contributed by atoms with Gasteiger partial charge in [-0.05, 0) is 25.2 Å². The maximum absolute atomic E-state index is 4.68. The predicted octanol–water partition coefficient (Wildman–Crippen LogP) is 3.83. The van der Waals surface area contributed by atoms with E-state index < -0.39 is 0 Å². The molecule has 1 N–H and O–H groups in total. The Morgan fingerprint density at radius 2 is 2.05 bits per heavy atom. The van der Waals surface area contributed by atoms with Crippen LogP contribution in [0.2, 0.25) is 0 Å². The molecular formula is C17H31N3S. The van der Waals surface area contributed by atoms with Crippen LogP contribution >= 0.6 is 11.3 Å². The van der Waals surface area contributed by atoms with Gasteiger partial charge >= 0.3 is 0 Å². The summed E-state index contributed by atoms with van der Waals surface area (Å²) in [5.74, 6) is 0. The molecule has 1 aromatic heterocycles. The van der Waals surface area contributed by atoms with Crippen LogP contribution in [0, 0.1) is 12.3 Å². The Bertz CT molecular complexity index is 457. The molecule has 21 heavy (non-hydrogen) atoms. The third-order valence-corrected chi connectivity index (χ3v) is 6.06. The van der Waals surface area contributed by atoms with Crippen molar-refractivity contribution in [2.75, 3.05) is 13.1 Å². The third kappa shape index (κ3) is 3.66. The number of nitrogens with zero attached hydrogens (tertiary/aromatic N) is 2. The fourth-order valence-corrected chi connectivity index (χ4v) is 4.09. The Kier molecular flexibility index (Phi) is 5.11. The molecule has 1 aliphatic rings. The molecule has 3 nitrogen and oxygen atoms in total. The molecular weight excluding hydrogens is 278 g/mol. The lowest BCUT2D eigenvalue weighted by Crippen LogP contribution is -2.66. The largest absolute Gasteiger partial charge is 0.310 e. The minimum absolute atomic E-state index is 0.279. The Morgan fingerprint density at radius 1 is 1.38 bits per heavy atom. The van der Waals surface area contributed by atoms with Gasteiger partial charge < -0.3 is 5.32 Å². The summed E-state index contributed by atoms with van der Waals surface area (Å²) >= 11 is 1.80. The average molecular weight is 310 g/mol. The lowest BCUT2D eigenvalue weighted by atomic mass is 9.80. The van der Waals surface area contributed by atoms with E-state index in [1.807, 2.05) is 0 Å². The first-order chi connectivity index (χ1) is 9.80. The second-order valence-corrected chi connectivity index (χ2v) is 8.44. The highest BCUT2D eigenvalue weighted by Crippen LogP contribution is 2.33. The number of thiazole rings is 1. The third-order valence-electron chi connectivity index (χ3n) is 5.11. The standard InChI is InChI=1S/C17H31N3S/c1-7-17(8-2)12-18-14(16(4,5)6)9-20(17)10-15-19-13(3)11-21-15/h11,14,18H,7-10,12H2,1-6H3. The molecule has 1 atom stereocenters. The second kappa shape index (κ2) is 6.35. The fourth-order valence-electron chi connectivity index (χ4n) is 3.30. The van der Waals surface area contributed by atoms with Crippen LogP contribution in [0.1, 0.15) is 58.2 Å². The molecule has 0 aromatic carbocycles. The number of rotatable bonds is 4. The summed E-state index contributed by atoms with van der Waals surface area (Å²) < 4.78 is 0. The molecule has 2 rings (SSSR count). The zero-order chi connectivity index (χ0) is 15.7. The van der Waals surface area contributed by atoms with Crippen molar-refractivity contribution in [1.82, 2.24) is 15.2 Å². The van der Waals surface area contributed by atoms with Crippen LogP contribution in [0.4, 0.5) is 0 Å². The minimum atomic E-state index is 0.279. The van der Waals surface area contributed by atoms with E-state index in [4.69, 9.17) is 0 Å². The monoisotopic (exact) mass is 309 g/mol. The van der Waals surface area contributed by atoms with E-state index in [2.05, 4.69) is 62.1 Å². The van der Waals surface area contributed by atoms with E-state index in [0.29, 0.717) is 11.5 Å². The molecule has 0 aliphatic carbocycles. The Labute approximate surface area is 134 Å². The predicted molar refractivity (Wildman–Crippen MR) is 91.8 cm³/mol. The van der Waals surface area contributed by atoms with Crippen LogP contribution in [0.25, 0.3) is 0 Å². The highest BCUT2D eigenvalue weighted by Gasteiger charge is 2.42. The SMILES string of the molecule is CCC1(CC)CNC(C(C)(C)C)CN1Cc1nc(C)cs1. The lowest BCUT2D eigenvalue weighted by Gasteiger charge is -2.52. The van der Waals surface area contributed by atoms with Crippen molar-refractivity contribution in [3.05, 3.63) is 16.1 Å². The van der Waals surface area contributed by atoms with Gasteiger partial charge in [0.1, 0.15) is 5.01 Å². The number of hydrogen-bond donors (Lipinski definition) is 1. The van der Waals surface area contributed by atoms with E-state index in [1.54, 1.807) is 11.3 Å². The number of piperazine rings is 1. The summed E-state index contributed by atoms with van der Waals surface area (Å²) in [7, 11) is 0. The quantitative estimate of drug-likeness (QED) is 0.916. The normalized spacial score (nSPS) is 23.4. The average Bonchev–Trinajstić information content (AvgIpc) is 2.83. The zero-order valence-corrected chi connectivity index (χ0v) is 15.3. The first kappa shape index (κ1) is 16.9. The van der Waals surface area contributed by atoms with Gasteiger partial charge in [-0.2, -0.15) is 0 Å². The molecule has 1 aromatic rings. The highest BCUT2D eigenvalue weighted by molar-refractivity contribution is 7.09. The first-order valence-electron chi connectivity index (χ1n) is 8.20. The minimum Gasteiger partial charge on any atom is -0.310 e. The number of aromatic nitrogens is 1. The zero-order valence-electron chi connectivity index (χ0n) is 14.5. The van der Waals surface area contributed by atoms with Gasteiger partial charge in [-0.1, -0.05) is 34.6 Å². The van der Waals surface area contributed by atoms with Crippen molar-refractivity contribution < 1.29 is 0 Å². The van der Waals surface area contributed by atoms with Crippen molar-refractivity contribution >= 4 is 11.3 Å². The summed E-state index contributed by atoms with van der Waals surface area (Å²) in [5.41, 5.74) is 1.72. The first-order valence-corrected chi connectivity index (χ1v) is 9.08. The number of aryl methyl sites for hydroxylation is 1. The van der Waals surface area contributed by atoms with Gasteiger partial charge in [0.05, 0.1) is 6.54 Å². The van der Waals surface area contributed by atoms with Crippen molar-refractivity contribution in [2.45, 2.75) is 72.5 Å². The Morgan fingerprint density at radius 3 is 2.52 bits per heavy atom. The Hall–Kier alpha value is -0.450. The van der Waals surface area contributed by atoms with E-state index >= 15 is 0 Å². The van der Waals surface area contributed by atoms with E-state index in [9.17, 15) is 0 Å². The number of nitrogens with one attached hydrogen (secondary N) is 1. The molecule has 4 heteroatoms. The van der Waals surface area contributed by atoms with Crippen molar-refractivity contribution in [3.63, 3.8) is 0 Å². The summed E-state index contributed by atoms with van der Waals surface area (Å²) in [5, 5.41) is 7.24. The van der Waals surface area contributed by atoms with Gasteiger partial charge in [0, 0.05) is 35.7 Å². The van der Waals surface area contributed by atoms with Gasteiger partial charge in [0.25, 0.3) is 0 Å². The molecule has 1 aliphatic heterocycles. The summed E-state index contributed by atoms with van der Waals surface area (Å²) in [4.78, 5) is 7.37. The summed E-state index contributed by atoms with van der Waals surface area (Å²) in [6.45, 7) is 16.9. The van der Waals surface area contributed by atoms with Gasteiger partial charge in [0.15, 0.2) is 0 Å². The lowest BCUT2D eigenvalue weighted by molar-refractivity contribution is 0.00141. The van der Waals surface area contributed by atoms with Crippen molar-refractivity contribution in [1.29, 1.82) is 0 Å². The van der Waals surface area contributed by atoms with Crippen LogP contribution < -0.4 is 5.32 Å². The van der Waals surface area contributed by atoms with Crippen LogP contribution in [-0.2, 0) is 6.54 Å². The molecule has 1 fully saturated rings. The smallest absolute Gasteiger partial charge is 0.107 e. The van der Waals surface area contributed by atoms with E-state index in [0.717, 1.165) is 25.3 Å². The molecule has 0 amide bonds. The van der Waals surface area contributed by atoms with Gasteiger partial charge in [-0.15, -0.1) is 11.3 Å². The van der Waals surface area contributed by atoms with Gasteiger partial charge in [-0.25, -0.2) is 4.98 Å². The fraction of sp³-hybridized carbons (Fsp3) is 0.824. The van der Waals surface area contributed by atoms with Gasteiger partial charge in [-0.3, -0.25) is 4.90 Å². The summed E-state index contributed by atoms with van der Waals surface area (Å²) in [6.07, 6.45) is 2.38. The molecule has 0 saturated carbocycles. The topological polar surface area (TPSA) is 28.2 Å². The second-order valence-electron chi connectivity index (χ2n) is 7.49. The van der Waals surface area contributed by atoms with E-state index in [-0.39, 0.29) is 5.54 Å². The maximum Gasteiger partial charge on any atom is 0.107 e. The van der Waals surface area contributed by atoms with Crippen molar-refractivity contribution in [2.24, 2.45) is 5.41 Å². The van der Waals surface area contributed by atoms with Crippen LogP contribution in [0.5, 0.6) is 0 Å². The molecule has 0 bridgehead atoms. The van der Waals surface area contributed by atoms with E-state index in [1.165, 1.54) is 17.8 Å². The highest BCUT2D eigenvalue weighted by atomic mass is 32.1. The summed E-state index contributed by atoms with van der Waals surface area (Å²) in [6, 6.07) is 0.546. The van der Waals surface area contributed by atoms with Crippen molar-refractivity contribution in [3.8, 4) is 0 Å². The molecule has 1 saturated heterocycles. The van der Waals surface area contributed by atoms with Crippen LogP contribution in [-0.4, -0.2) is 34.6 Å². The van der Waals surface area contributed by atoms with Crippen LogP contribution in [0.15, 0.2) is 5.38 Å².